The molecule has 46 heavy (non-hydrogen) atoms. The third kappa shape index (κ3) is 5.56. The molecule has 3 heterocycles. The number of methoxy groups -OCH3 is 3. The van der Waals surface area contributed by atoms with Gasteiger partial charge < -0.3 is 34.5 Å². The highest BCUT2D eigenvalue weighted by molar-refractivity contribution is 5.97. The van der Waals surface area contributed by atoms with E-state index in [0.29, 0.717) is 43.2 Å². The van der Waals surface area contributed by atoms with E-state index >= 15 is 0 Å². The molecule has 0 radical (unpaired) electrons. The van der Waals surface area contributed by atoms with Crippen LogP contribution in [0.5, 0.6) is 17.4 Å². The van der Waals surface area contributed by atoms with Crippen LogP contribution >= 0.6 is 0 Å². The summed E-state index contributed by atoms with van der Waals surface area (Å²) in [7, 11) is 4.70. The molecule has 238 valence electrons. The maximum absolute atomic E-state index is 14.9. The number of rotatable bonds is 11. The molecule has 3 N–H and O–H groups in total. The summed E-state index contributed by atoms with van der Waals surface area (Å²) in [5, 5.41) is 17.8. The Labute approximate surface area is 264 Å². The Hall–Kier alpha value is -5.23. The second-order valence-corrected chi connectivity index (χ2v) is 11.0. The van der Waals surface area contributed by atoms with Crippen LogP contribution in [0.3, 0.4) is 0 Å². The molecule has 3 aromatic carbocycles. The number of carbonyl (C=O) groups excluding carboxylic acids is 1. The monoisotopic (exact) mass is 629 g/mol. The van der Waals surface area contributed by atoms with Gasteiger partial charge in [-0.25, -0.2) is 18.7 Å². The second kappa shape index (κ2) is 12.6. The predicted molar refractivity (Wildman–Crippen MR) is 169 cm³/mol. The van der Waals surface area contributed by atoms with Crippen molar-refractivity contribution in [3.8, 4) is 28.8 Å². The summed E-state index contributed by atoms with van der Waals surface area (Å²) in [6.07, 6.45) is 2.77. The number of ether oxygens (including phenoxy) is 3. The van der Waals surface area contributed by atoms with E-state index in [2.05, 4.69) is 20.6 Å². The van der Waals surface area contributed by atoms with E-state index in [0.717, 1.165) is 23.3 Å². The number of aromatic nitrogens is 3. The van der Waals surface area contributed by atoms with Crippen LogP contribution in [0.1, 0.15) is 24.0 Å². The van der Waals surface area contributed by atoms with E-state index in [4.69, 9.17) is 14.2 Å². The quantitative estimate of drug-likeness (QED) is 0.171. The summed E-state index contributed by atoms with van der Waals surface area (Å²) in [6, 6.07) is 16.2. The van der Waals surface area contributed by atoms with Crippen molar-refractivity contribution < 1.29 is 32.9 Å². The zero-order valence-corrected chi connectivity index (χ0v) is 25.6. The van der Waals surface area contributed by atoms with Gasteiger partial charge in [0, 0.05) is 43.8 Å². The first-order chi connectivity index (χ1) is 22.3. The maximum Gasteiger partial charge on any atom is 0.230 e. The van der Waals surface area contributed by atoms with Crippen LogP contribution in [-0.2, 0) is 21.5 Å². The average molecular weight is 630 g/mol. The minimum Gasteiger partial charge on any atom is -0.497 e. The van der Waals surface area contributed by atoms with Crippen molar-refractivity contribution in [1.29, 1.82) is 0 Å². The van der Waals surface area contributed by atoms with Crippen LogP contribution in [0.25, 0.3) is 22.3 Å². The van der Waals surface area contributed by atoms with Crippen molar-refractivity contribution >= 4 is 28.3 Å². The minimum atomic E-state index is -0.822. The molecule has 1 aliphatic rings. The normalized spacial score (nSPS) is 16.1. The molecule has 10 nitrogen and oxygen atoms in total. The molecule has 1 atom stereocenters. The number of amides is 1. The van der Waals surface area contributed by atoms with Crippen LogP contribution in [0, 0.1) is 11.6 Å². The second-order valence-electron chi connectivity index (χ2n) is 11.0. The van der Waals surface area contributed by atoms with Gasteiger partial charge in [0.05, 0.1) is 37.3 Å². The van der Waals surface area contributed by atoms with Crippen molar-refractivity contribution in [1.82, 2.24) is 19.9 Å². The van der Waals surface area contributed by atoms with Crippen molar-refractivity contribution in [2.45, 2.75) is 24.8 Å². The van der Waals surface area contributed by atoms with Gasteiger partial charge in [0.2, 0.25) is 11.8 Å². The van der Waals surface area contributed by atoms with E-state index < -0.39 is 17.0 Å². The van der Waals surface area contributed by atoms with Gasteiger partial charge in [0.25, 0.3) is 0 Å². The summed E-state index contributed by atoms with van der Waals surface area (Å²) in [6.45, 7) is 1.20. The molecule has 2 aromatic heterocycles. The molecule has 0 aliphatic carbocycles. The van der Waals surface area contributed by atoms with Crippen molar-refractivity contribution in [2.75, 3.05) is 39.8 Å². The standard InChI is InChI=1S/C34H33F2N5O5/c1-44-16-14-34(13-15-37-33(34)43)21-8-10-22(11-9-21)38-31-29-26(39-30(40-31)28-24(35)5-4-6-25(28)36)19-41(32(29)42)18-20-7-12-23(45-2)17-27(20)46-3/h4-12,17,19,42H,13-16,18H2,1-3H3,(H,37,43)(H,38,39,40). The number of aromatic hydroxyl groups is 1. The molecule has 1 unspecified atom stereocenters. The molecule has 5 aromatic rings. The first-order valence-electron chi connectivity index (χ1n) is 14.7. The maximum atomic E-state index is 14.9. The smallest absolute Gasteiger partial charge is 0.230 e. The number of fused-ring (bicyclic) bond motifs is 1. The van der Waals surface area contributed by atoms with Crippen LogP contribution < -0.4 is 20.1 Å². The Kier molecular flexibility index (Phi) is 8.46. The van der Waals surface area contributed by atoms with Gasteiger partial charge >= 0.3 is 0 Å². The highest BCUT2D eigenvalue weighted by Crippen LogP contribution is 2.39. The Morgan fingerprint density at radius 1 is 1.02 bits per heavy atom. The zero-order valence-electron chi connectivity index (χ0n) is 25.6. The summed E-state index contributed by atoms with van der Waals surface area (Å²) < 4.78 is 47.5. The first-order valence-corrected chi connectivity index (χ1v) is 14.7. The van der Waals surface area contributed by atoms with Crippen molar-refractivity contribution in [3.63, 3.8) is 0 Å². The number of benzene rings is 3. The van der Waals surface area contributed by atoms with Crippen LogP contribution in [0.15, 0.2) is 66.9 Å². The van der Waals surface area contributed by atoms with Gasteiger partial charge in [-0.05, 0) is 54.8 Å². The fraction of sp³-hybridized carbons (Fsp3) is 0.265. The third-order valence-electron chi connectivity index (χ3n) is 8.44. The topological polar surface area (TPSA) is 120 Å². The Morgan fingerprint density at radius 2 is 1.78 bits per heavy atom. The Morgan fingerprint density at radius 3 is 2.43 bits per heavy atom. The van der Waals surface area contributed by atoms with Crippen molar-refractivity contribution in [2.24, 2.45) is 0 Å². The SMILES string of the molecule is COCCC1(c2ccc(Nc3nc(-c4c(F)cccc4F)nc4cn(Cc5ccc(OC)cc5OC)c(O)c34)cc2)CCNC1=O. The molecule has 0 spiro atoms. The number of nitrogens with zero attached hydrogens (tertiary/aromatic N) is 3. The number of carbonyl (C=O) groups is 1. The van der Waals surface area contributed by atoms with E-state index in [1.165, 1.54) is 13.2 Å². The van der Waals surface area contributed by atoms with Crippen LogP contribution in [0.4, 0.5) is 20.3 Å². The molecule has 1 aliphatic heterocycles. The molecular formula is C34H33F2N5O5. The van der Waals surface area contributed by atoms with Crippen LogP contribution in [-0.4, -0.2) is 60.0 Å². The molecule has 1 amide bonds. The van der Waals surface area contributed by atoms with Gasteiger partial charge in [0.1, 0.15) is 34.3 Å². The number of halogens is 2. The lowest BCUT2D eigenvalue weighted by molar-refractivity contribution is -0.124. The lowest BCUT2D eigenvalue weighted by atomic mass is 9.76. The van der Waals surface area contributed by atoms with Gasteiger partial charge in [-0.1, -0.05) is 18.2 Å². The molecule has 0 bridgehead atoms. The van der Waals surface area contributed by atoms with E-state index in [1.54, 1.807) is 49.2 Å². The van der Waals surface area contributed by atoms with Crippen molar-refractivity contribution in [3.05, 3.63) is 89.6 Å². The zero-order chi connectivity index (χ0) is 32.4. The summed E-state index contributed by atoms with van der Waals surface area (Å²) >= 11 is 0. The van der Waals surface area contributed by atoms with E-state index in [1.807, 2.05) is 18.2 Å². The fourth-order valence-corrected chi connectivity index (χ4v) is 5.96. The molecule has 12 heteroatoms. The lowest BCUT2D eigenvalue weighted by Gasteiger charge is -2.26. The van der Waals surface area contributed by atoms with Gasteiger partial charge in [-0.2, -0.15) is 0 Å². The molecule has 1 saturated heterocycles. The highest BCUT2D eigenvalue weighted by Gasteiger charge is 2.43. The number of anilines is 2. The Bertz CT molecular complexity index is 1890. The summed E-state index contributed by atoms with van der Waals surface area (Å²) in [4.78, 5) is 21.8. The minimum absolute atomic E-state index is 0.0425. The van der Waals surface area contributed by atoms with Gasteiger partial charge in [-0.3, -0.25) is 4.79 Å². The fourth-order valence-electron chi connectivity index (χ4n) is 5.96. The van der Waals surface area contributed by atoms with E-state index in [-0.39, 0.29) is 46.4 Å². The van der Waals surface area contributed by atoms with Gasteiger partial charge in [0.15, 0.2) is 5.82 Å². The van der Waals surface area contributed by atoms with E-state index in [9.17, 15) is 18.7 Å². The van der Waals surface area contributed by atoms with Gasteiger partial charge in [-0.15, -0.1) is 0 Å². The Balaban J connectivity index is 1.42. The third-order valence-corrected chi connectivity index (χ3v) is 8.44. The average Bonchev–Trinajstić information content (AvgIpc) is 3.59. The lowest BCUT2D eigenvalue weighted by Crippen LogP contribution is -2.36. The molecular weight excluding hydrogens is 596 g/mol. The summed E-state index contributed by atoms with van der Waals surface area (Å²) in [5.41, 5.74) is 1.33. The number of nitrogens with one attached hydrogen (secondary N) is 2. The number of hydrogen-bond acceptors (Lipinski definition) is 8. The molecule has 0 saturated carbocycles. The molecule has 6 rings (SSSR count). The summed E-state index contributed by atoms with van der Waals surface area (Å²) in [5.74, 6) is -0.735. The first kappa shape index (κ1) is 30.8. The molecule has 1 fully saturated rings. The van der Waals surface area contributed by atoms with Crippen LogP contribution in [0.2, 0.25) is 0 Å². The highest BCUT2D eigenvalue weighted by atomic mass is 19.1. The number of hydrogen-bond donors (Lipinski definition) is 3. The largest absolute Gasteiger partial charge is 0.497 e. The predicted octanol–water partition coefficient (Wildman–Crippen LogP) is 5.69.